The van der Waals surface area contributed by atoms with Crippen molar-refractivity contribution < 1.29 is 9.90 Å². The van der Waals surface area contributed by atoms with E-state index in [1.165, 1.54) is 0 Å². The Morgan fingerprint density at radius 2 is 2.15 bits per heavy atom. The fourth-order valence-corrected chi connectivity index (χ4v) is 1.87. The minimum atomic E-state index is -0.926. The smallest absolute Gasteiger partial charge is 0.335 e. The van der Waals surface area contributed by atoms with Gasteiger partial charge in [0.05, 0.1) is 17.2 Å². The Kier molecular flexibility index (Phi) is 4.30. The summed E-state index contributed by atoms with van der Waals surface area (Å²) in [6.45, 7) is 0.548. The summed E-state index contributed by atoms with van der Waals surface area (Å²) in [5.74, 6) is -0.318. The Hall–Kier alpha value is -2.87. The summed E-state index contributed by atoms with van der Waals surface area (Å²) in [5.41, 5.74) is 1.62. The Morgan fingerprint density at radius 1 is 1.35 bits per heavy atom. The number of carboxylic acids is 1. The Labute approximate surface area is 116 Å². The molecule has 0 saturated carbocycles. The highest BCUT2D eigenvalue weighted by Crippen LogP contribution is 2.11. The third-order valence-electron chi connectivity index (χ3n) is 2.84. The number of aromatic carboxylic acids is 1. The molecule has 1 aromatic heterocycles. The molecule has 20 heavy (non-hydrogen) atoms. The molecule has 0 bridgehead atoms. The first-order chi connectivity index (χ1) is 9.70. The summed E-state index contributed by atoms with van der Waals surface area (Å²) in [4.78, 5) is 15.2. The van der Waals surface area contributed by atoms with Gasteiger partial charge in [-0.2, -0.15) is 5.26 Å². The number of nitriles is 1. The summed E-state index contributed by atoms with van der Waals surface area (Å²) in [6.07, 6.45) is 2.13. The maximum atomic E-state index is 11.1. The average molecular weight is 267 g/mol. The van der Waals surface area contributed by atoms with E-state index in [-0.39, 0.29) is 0 Å². The van der Waals surface area contributed by atoms with Crippen LogP contribution in [0.15, 0.2) is 42.6 Å². The van der Waals surface area contributed by atoms with Gasteiger partial charge in [0.1, 0.15) is 5.82 Å². The SMILES string of the molecule is N#Cc1ccnc(NCCc2ccccc2C(=O)O)c1. The number of benzene rings is 1. The topological polar surface area (TPSA) is 86.0 Å². The lowest BCUT2D eigenvalue weighted by atomic mass is 10.0. The van der Waals surface area contributed by atoms with E-state index in [1.54, 1.807) is 36.5 Å². The molecule has 5 nitrogen and oxygen atoms in total. The van der Waals surface area contributed by atoms with Crippen molar-refractivity contribution in [2.24, 2.45) is 0 Å². The van der Waals surface area contributed by atoms with Crippen LogP contribution >= 0.6 is 0 Å². The first-order valence-electron chi connectivity index (χ1n) is 6.12. The average Bonchev–Trinajstić information content (AvgIpc) is 2.48. The predicted octanol–water partition coefficient (Wildman–Crippen LogP) is 2.31. The molecule has 0 unspecified atom stereocenters. The second-order valence-corrected chi connectivity index (χ2v) is 4.18. The lowest BCUT2D eigenvalue weighted by Gasteiger charge is -2.08. The number of hydrogen-bond donors (Lipinski definition) is 2. The van der Waals surface area contributed by atoms with Crippen LogP contribution in [0.4, 0.5) is 5.82 Å². The second kappa shape index (κ2) is 6.34. The van der Waals surface area contributed by atoms with Crippen LogP contribution < -0.4 is 5.32 Å². The molecule has 0 aliphatic rings. The minimum Gasteiger partial charge on any atom is -0.478 e. The molecular formula is C15H13N3O2. The molecular weight excluding hydrogens is 254 g/mol. The van der Waals surface area contributed by atoms with Crippen molar-refractivity contribution in [3.63, 3.8) is 0 Å². The zero-order valence-electron chi connectivity index (χ0n) is 10.7. The van der Waals surface area contributed by atoms with Crippen molar-refractivity contribution in [1.82, 2.24) is 4.98 Å². The van der Waals surface area contributed by atoms with E-state index in [0.29, 0.717) is 29.9 Å². The summed E-state index contributed by atoms with van der Waals surface area (Å²) >= 11 is 0. The van der Waals surface area contributed by atoms with Crippen LogP contribution in [0.25, 0.3) is 0 Å². The number of hydrogen-bond acceptors (Lipinski definition) is 4. The van der Waals surface area contributed by atoms with Crippen LogP contribution in [0.2, 0.25) is 0 Å². The summed E-state index contributed by atoms with van der Waals surface area (Å²) in [7, 11) is 0. The molecule has 0 aliphatic heterocycles. The molecule has 0 fully saturated rings. The highest BCUT2D eigenvalue weighted by atomic mass is 16.4. The minimum absolute atomic E-state index is 0.313. The van der Waals surface area contributed by atoms with Gasteiger partial charge in [-0.1, -0.05) is 18.2 Å². The highest BCUT2D eigenvalue weighted by Gasteiger charge is 2.08. The van der Waals surface area contributed by atoms with Crippen molar-refractivity contribution in [2.75, 3.05) is 11.9 Å². The fourth-order valence-electron chi connectivity index (χ4n) is 1.87. The van der Waals surface area contributed by atoms with Crippen LogP contribution in [-0.4, -0.2) is 22.6 Å². The van der Waals surface area contributed by atoms with Crippen LogP contribution in [0.1, 0.15) is 21.5 Å². The van der Waals surface area contributed by atoms with Crippen LogP contribution in [0.3, 0.4) is 0 Å². The molecule has 100 valence electrons. The summed E-state index contributed by atoms with van der Waals surface area (Å²) < 4.78 is 0. The van der Waals surface area contributed by atoms with Gasteiger partial charge < -0.3 is 10.4 Å². The molecule has 0 saturated heterocycles. The largest absolute Gasteiger partial charge is 0.478 e. The van der Waals surface area contributed by atoms with E-state index in [0.717, 1.165) is 5.56 Å². The third-order valence-corrected chi connectivity index (χ3v) is 2.84. The number of carbonyl (C=O) groups is 1. The quantitative estimate of drug-likeness (QED) is 0.868. The maximum absolute atomic E-state index is 11.1. The molecule has 0 radical (unpaired) electrons. The van der Waals surface area contributed by atoms with E-state index in [4.69, 9.17) is 10.4 Å². The van der Waals surface area contributed by atoms with Crippen molar-refractivity contribution >= 4 is 11.8 Å². The van der Waals surface area contributed by atoms with Gasteiger partial charge >= 0.3 is 5.97 Å². The molecule has 1 heterocycles. The molecule has 2 rings (SSSR count). The normalized spacial score (nSPS) is 9.75. The van der Waals surface area contributed by atoms with E-state index in [1.807, 2.05) is 12.1 Å². The van der Waals surface area contributed by atoms with E-state index < -0.39 is 5.97 Å². The number of rotatable bonds is 5. The van der Waals surface area contributed by atoms with Crippen LogP contribution in [0, 0.1) is 11.3 Å². The Balaban J connectivity index is 2.00. The number of carboxylic acid groups (broad SMARTS) is 1. The number of aromatic nitrogens is 1. The van der Waals surface area contributed by atoms with Crippen molar-refractivity contribution in [3.05, 3.63) is 59.3 Å². The van der Waals surface area contributed by atoms with Gasteiger partial charge in [-0.05, 0) is 30.2 Å². The number of nitrogens with one attached hydrogen (secondary N) is 1. The third kappa shape index (κ3) is 3.33. The molecule has 0 atom stereocenters. The molecule has 0 aliphatic carbocycles. The van der Waals surface area contributed by atoms with Gasteiger partial charge in [-0.25, -0.2) is 9.78 Å². The molecule has 5 heteroatoms. The standard InChI is InChI=1S/C15H13N3O2/c16-10-11-5-7-17-14(9-11)18-8-6-12-3-1-2-4-13(12)15(19)20/h1-5,7,9H,6,8H2,(H,17,18)(H,19,20). The van der Waals surface area contributed by atoms with Crippen LogP contribution in [0.5, 0.6) is 0 Å². The lowest BCUT2D eigenvalue weighted by Crippen LogP contribution is -2.09. The second-order valence-electron chi connectivity index (χ2n) is 4.18. The molecule has 0 spiro atoms. The number of anilines is 1. The van der Waals surface area contributed by atoms with Crippen molar-refractivity contribution in [1.29, 1.82) is 5.26 Å². The number of nitrogens with zero attached hydrogens (tertiary/aromatic N) is 2. The van der Waals surface area contributed by atoms with Gasteiger partial charge in [-0.15, -0.1) is 0 Å². The van der Waals surface area contributed by atoms with E-state index in [9.17, 15) is 4.79 Å². The Morgan fingerprint density at radius 3 is 2.90 bits per heavy atom. The number of pyridine rings is 1. The van der Waals surface area contributed by atoms with Crippen molar-refractivity contribution in [3.8, 4) is 6.07 Å². The zero-order chi connectivity index (χ0) is 14.4. The van der Waals surface area contributed by atoms with Crippen LogP contribution in [-0.2, 0) is 6.42 Å². The highest BCUT2D eigenvalue weighted by molar-refractivity contribution is 5.89. The van der Waals surface area contributed by atoms with Gasteiger partial charge in [0.25, 0.3) is 0 Å². The predicted molar refractivity (Wildman–Crippen MR) is 74.5 cm³/mol. The molecule has 2 N–H and O–H groups in total. The molecule has 1 aromatic carbocycles. The van der Waals surface area contributed by atoms with E-state index in [2.05, 4.69) is 10.3 Å². The first kappa shape index (κ1) is 13.6. The van der Waals surface area contributed by atoms with Gasteiger partial charge in [-0.3, -0.25) is 0 Å². The van der Waals surface area contributed by atoms with Gasteiger partial charge in [0.2, 0.25) is 0 Å². The zero-order valence-corrected chi connectivity index (χ0v) is 10.7. The molecule has 0 amide bonds. The van der Waals surface area contributed by atoms with Gasteiger partial charge in [0.15, 0.2) is 0 Å². The first-order valence-corrected chi connectivity index (χ1v) is 6.12. The molecule has 2 aromatic rings. The lowest BCUT2D eigenvalue weighted by molar-refractivity contribution is 0.0695. The Bertz CT molecular complexity index is 662. The maximum Gasteiger partial charge on any atom is 0.335 e. The van der Waals surface area contributed by atoms with Gasteiger partial charge in [0, 0.05) is 12.7 Å². The monoisotopic (exact) mass is 267 g/mol. The summed E-state index contributed by atoms with van der Waals surface area (Å²) in [5, 5.41) is 21.0. The van der Waals surface area contributed by atoms with E-state index >= 15 is 0 Å². The summed E-state index contributed by atoms with van der Waals surface area (Å²) in [6, 6.07) is 12.2. The van der Waals surface area contributed by atoms with Crippen molar-refractivity contribution in [2.45, 2.75) is 6.42 Å². The fraction of sp³-hybridized carbons (Fsp3) is 0.133.